The average Bonchev–Trinajstić information content (AvgIpc) is 2.45. The summed E-state index contributed by atoms with van der Waals surface area (Å²) in [4.78, 5) is 10.7. The Morgan fingerprint density at radius 2 is 1.70 bits per heavy atom. The molecule has 0 saturated carbocycles. The molecule has 1 N–H and O–H groups in total. The largest absolute Gasteiger partial charge is 0.478 e. The monoisotopic (exact) mass is 316 g/mol. The molecule has 0 saturated heterocycles. The van der Waals surface area contributed by atoms with E-state index in [0.29, 0.717) is 0 Å². The fourth-order valence-electron chi connectivity index (χ4n) is 1.93. The fraction of sp³-hybridized carbons (Fsp3) is 0.250. The Labute approximate surface area is 116 Å². The molecule has 1 atom stereocenters. The molecule has 0 radical (unpaired) electrons. The molecule has 1 unspecified atom stereocenters. The van der Waals surface area contributed by atoms with Gasteiger partial charge < -0.3 is 5.11 Å². The van der Waals surface area contributed by atoms with Crippen LogP contribution >= 0.6 is 0 Å². The summed E-state index contributed by atoms with van der Waals surface area (Å²) in [6, 6.07) is 5.18. The maximum absolute atomic E-state index is 12.0. The molecule has 108 valence electrons. The SMILES string of the molecule is O=C(O)c1ccc(C2CS(=O)(=O)CC=CS2(=O)=O)cc1. The van der Waals surface area contributed by atoms with E-state index < -0.39 is 36.6 Å². The molecule has 0 fully saturated rings. The lowest BCUT2D eigenvalue weighted by molar-refractivity contribution is 0.0697. The third-order valence-corrected chi connectivity index (χ3v) is 6.52. The first-order valence-corrected chi connectivity index (χ1v) is 9.08. The molecule has 6 nitrogen and oxygen atoms in total. The Morgan fingerprint density at radius 3 is 2.25 bits per heavy atom. The third kappa shape index (κ3) is 3.07. The van der Waals surface area contributed by atoms with Crippen molar-refractivity contribution in [3.05, 3.63) is 46.9 Å². The van der Waals surface area contributed by atoms with Gasteiger partial charge in [-0.25, -0.2) is 21.6 Å². The topological polar surface area (TPSA) is 106 Å². The first-order chi connectivity index (χ1) is 9.21. The van der Waals surface area contributed by atoms with Gasteiger partial charge in [0.1, 0.15) is 5.25 Å². The zero-order valence-corrected chi connectivity index (χ0v) is 11.9. The number of hydrogen-bond acceptors (Lipinski definition) is 5. The summed E-state index contributed by atoms with van der Waals surface area (Å²) in [7, 11) is -7.22. The van der Waals surface area contributed by atoms with E-state index >= 15 is 0 Å². The molecule has 1 aromatic carbocycles. The van der Waals surface area contributed by atoms with E-state index in [4.69, 9.17) is 5.11 Å². The summed E-state index contributed by atoms with van der Waals surface area (Å²) >= 11 is 0. The molecule has 20 heavy (non-hydrogen) atoms. The van der Waals surface area contributed by atoms with Crippen molar-refractivity contribution in [2.75, 3.05) is 11.5 Å². The lowest BCUT2D eigenvalue weighted by Gasteiger charge is -2.14. The van der Waals surface area contributed by atoms with Gasteiger partial charge in [-0.1, -0.05) is 18.2 Å². The highest BCUT2D eigenvalue weighted by Gasteiger charge is 2.32. The molecule has 2 rings (SSSR count). The molecule has 1 aliphatic rings. The van der Waals surface area contributed by atoms with E-state index in [0.717, 1.165) is 11.5 Å². The van der Waals surface area contributed by atoms with Crippen LogP contribution in [-0.4, -0.2) is 39.4 Å². The minimum atomic E-state index is -3.72. The number of sulfone groups is 2. The second kappa shape index (κ2) is 5.02. The molecule has 8 heteroatoms. The van der Waals surface area contributed by atoms with Crippen LogP contribution in [-0.2, 0) is 19.7 Å². The maximum Gasteiger partial charge on any atom is 0.335 e. The number of carboxylic acid groups (broad SMARTS) is 1. The van der Waals surface area contributed by atoms with Gasteiger partial charge in [0.15, 0.2) is 19.7 Å². The van der Waals surface area contributed by atoms with Crippen molar-refractivity contribution >= 4 is 25.6 Å². The molecule has 0 spiro atoms. The smallest absolute Gasteiger partial charge is 0.335 e. The Kier molecular flexibility index (Phi) is 3.70. The van der Waals surface area contributed by atoms with Gasteiger partial charge in [0, 0.05) is 5.41 Å². The van der Waals surface area contributed by atoms with Gasteiger partial charge in [-0.05, 0) is 17.7 Å². The van der Waals surface area contributed by atoms with E-state index in [1.165, 1.54) is 24.3 Å². The molecule has 1 aliphatic heterocycles. The summed E-state index contributed by atoms with van der Waals surface area (Å²) in [6.07, 6.45) is 1.12. The normalized spacial score (nSPS) is 23.9. The summed E-state index contributed by atoms with van der Waals surface area (Å²) in [5.41, 5.74) is 0.281. The molecule has 0 aliphatic carbocycles. The number of carboxylic acids is 1. The van der Waals surface area contributed by atoms with Crippen LogP contribution < -0.4 is 0 Å². The van der Waals surface area contributed by atoms with Crippen molar-refractivity contribution < 1.29 is 26.7 Å². The van der Waals surface area contributed by atoms with Crippen molar-refractivity contribution in [3.8, 4) is 0 Å². The number of carbonyl (C=O) groups is 1. The molecule has 1 heterocycles. The van der Waals surface area contributed by atoms with Gasteiger partial charge in [0.05, 0.1) is 17.1 Å². The zero-order chi connectivity index (χ0) is 15.0. The number of rotatable bonds is 2. The highest BCUT2D eigenvalue weighted by Crippen LogP contribution is 2.28. The Hall–Kier alpha value is -1.67. The second-order valence-electron chi connectivity index (χ2n) is 4.45. The Balaban J connectivity index is 2.47. The third-order valence-electron chi connectivity index (χ3n) is 2.97. The van der Waals surface area contributed by atoms with Gasteiger partial charge in [-0.15, -0.1) is 0 Å². The molecular formula is C12H12O6S2. The van der Waals surface area contributed by atoms with Crippen LogP contribution in [0.5, 0.6) is 0 Å². The van der Waals surface area contributed by atoms with Crippen LogP contribution in [0.4, 0.5) is 0 Å². The molecule has 0 bridgehead atoms. The molecular weight excluding hydrogens is 304 g/mol. The Morgan fingerprint density at radius 1 is 1.10 bits per heavy atom. The number of benzene rings is 1. The average molecular weight is 316 g/mol. The van der Waals surface area contributed by atoms with Crippen LogP contribution in [0, 0.1) is 0 Å². The van der Waals surface area contributed by atoms with Crippen LogP contribution in [0.15, 0.2) is 35.7 Å². The van der Waals surface area contributed by atoms with Crippen molar-refractivity contribution in [2.45, 2.75) is 5.25 Å². The number of hydrogen-bond donors (Lipinski definition) is 1. The van der Waals surface area contributed by atoms with Crippen LogP contribution in [0.2, 0.25) is 0 Å². The van der Waals surface area contributed by atoms with Gasteiger partial charge in [-0.2, -0.15) is 0 Å². The summed E-state index contributed by atoms with van der Waals surface area (Å²) in [6.45, 7) is 0. The molecule has 1 aromatic rings. The minimum Gasteiger partial charge on any atom is -0.478 e. The van der Waals surface area contributed by atoms with E-state index in [1.807, 2.05) is 0 Å². The lowest BCUT2D eigenvalue weighted by Crippen LogP contribution is -2.20. The van der Waals surface area contributed by atoms with E-state index in [2.05, 4.69) is 0 Å². The van der Waals surface area contributed by atoms with Gasteiger partial charge in [0.2, 0.25) is 0 Å². The van der Waals surface area contributed by atoms with Gasteiger partial charge in [-0.3, -0.25) is 0 Å². The van der Waals surface area contributed by atoms with Gasteiger partial charge >= 0.3 is 5.97 Å². The van der Waals surface area contributed by atoms with E-state index in [9.17, 15) is 21.6 Å². The van der Waals surface area contributed by atoms with Crippen LogP contribution in [0.1, 0.15) is 21.2 Å². The summed E-state index contributed by atoms with van der Waals surface area (Å²) < 4.78 is 47.5. The predicted octanol–water partition coefficient (Wildman–Crippen LogP) is 0.783. The van der Waals surface area contributed by atoms with Crippen molar-refractivity contribution in [3.63, 3.8) is 0 Å². The molecule has 0 amide bonds. The summed E-state index contributed by atoms with van der Waals surface area (Å²) in [5, 5.41) is 8.50. The lowest BCUT2D eigenvalue weighted by atomic mass is 10.1. The van der Waals surface area contributed by atoms with Crippen LogP contribution in [0.3, 0.4) is 0 Å². The van der Waals surface area contributed by atoms with E-state index in [1.54, 1.807) is 0 Å². The quantitative estimate of drug-likeness (QED) is 0.864. The Bertz CT molecular complexity index is 757. The fourth-order valence-corrected chi connectivity index (χ4v) is 5.71. The zero-order valence-electron chi connectivity index (χ0n) is 10.3. The maximum atomic E-state index is 12.0. The van der Waals surface area contributed by atoms with E-state index in [-0.39, 0.29) is 16.9 Å². The highest BCUT2D eigenvalue weighted by atomic mass is 32.2. The van der Waals surface area contributed by atoms with Crippen LogP contribution in [0.25, 0.3) is 0 Å². The second-order valence-corrected chi connectivity index (χ2v) is 8.63. The van der Waals surface area contributed by atoms with Crippen molar-refractivity contribution in [1.29, 1.82) is 0 Å². The standard InChI is InChI=1S/C12H12O6S2/c13-12(14)10-4-2-9(3-5-10)11-8-19(15,16)6-1-7-20(11,17)18/h1-5,7,11H,6,8H2,(H,13,14). The summed E-state index contributed by atoms with van der Waals surface area (Å²) in [5.74, 6) is -1.95. The highest BCUT2D eigenvalue weighted by molar-refractivity contribution is 7.97. The van der Waals surface area contributed by atoms with Crippen molar-refractivity contribution in [2.24, 2.45) is 0 Å². The number of aromatic carboxylic acids is 1. The first kappa shape index (κ1) is 14.7. The van der Waals surface area contributed by atoms with Crippen molar-refractivity contribution in [1.82, 2.24) is 0 Å². The predicted molar refractivity (Wildman–Crippen MR) is 72.9 cm³/mol. The molecule has 0 aromatic heterocycles. The first-order valence-electron chi connectivity index (χ1n) is 5.65. The minimum absolute atomic E-state index is 0.0122. The van der Waals surface area contributed by atoms with Gasteiger partial charge in [0.25, 0.3) is 0 Å².